The highest BCUT2D eigenvalue weighted by molar-refractivity contribution is 7.92. The van der Waals surface area contributed by atoms with Gasteiger partial charge in [-0.25, -0.2) is 13.4 Å². The highest BCUT2D eigenvalue weighted by Crippen LogP contribution is 2.36. The Bertz CT molecular complexity index is 1310. The largest absolute Gasteiger partial charge is 0.417 e. The van der Waals surface area contributed by atoms with E-state index in [1.54, 1.807) is 32.0 Å². The van der Waals surface area contributed by atoms with Gasteiger partial charge in [0, 0.05) is 11.8 Å². The molecule has 32 heavy (non-hydrogen) atoms. The zero-order valence-corrected chi connectivity index (χ0v) is 18.9. The Hall–Kier alpha value is -2.62. The third-order valence-corrected chi connectivity index (χ3v) is 6.47. The van der Waals surface area contributed by atoms with Gasteiger partial charge in [0.05, 0.1) is 26.2 Å². The minimum absolute atomic E-state index is 0.0212. The number of carbonyl (C=O) groups excluding carboxylic acids is 1. The molecule has 0 amide bonds. The maximum atomic E-state index is 13.2. The summed E-state index contributed by atoms with van der Waals surface area (Å²) in [6.45, 7) is 3.43. The van der Waals surface area contributed by atoms with Crippen LogP contribution in [0.2, 0.25) is 10.0 Å². The number of rotatable bonds is 5. The smallest absolute Gasteiger partial charge is 0.287 e. The van der Waals surface area contributed by atoms with Crippen LogP contribution >= 0.6 is 23.2 Å². The first-order valence-electron chi connectivity index (χ1n) is 8.97. The first kappa shape index (κ1) is 24.0. The van der Waals surface area contributed by atoms with E-state index in [0.29, 0.717) is 22.8 Å². The fourth-order valence-corrected chi connectivity index (χ4v) is 4.55. The first-order chi connectivity index (χ1) is 14.8. The number of halogens is 5. The van der Waals surface area contributed by atoms with Gasteiger partial charge in [0.15, 0.2) is 0 Å². The van der Waals surface area contributed by atoms with Crippen LogP contribution in [-0.4, -0.2) is 19.2 Å². The lowest BCUT2D eigenvalue weighted by Gasteiger charge is -2.15. The number of pyridine rings is 1. The number of benzene rings is 2. The molecule has 2 aromatic carbocycles. The second-order valence-electron chi connectivity index (χ2n) is 6.89. The summed E-state index contributed by atoms with van der Waals surface area (Å²) in [5, 5.41) is -0.625. The van der Waals surface area contributed by atoms with Gasteiger partial charge in [-0.15, -0.1) is 0 Å². The van der Waals surface area contributed by atoms with Crippen molar-refractivity contribution < 1.29 is 26.4 Å². The van der Waals surface area contributed by atoms with Crippen LogP contribution in [0.4, 0.5) is 18.9 Å². The highest BCUT2D eigenvalue weighted by atomic mass is 35.5. The minimum atomic E-state index is -4.86. The predicted molar refractivity (Wildman–Crippen MR) is 116 cm³/mol. The molecule has 0 saturated heterocycles. The van der Waals surface area contributed by atoms with Gasteiger partial charge in [-0.05, 0) is 49.2 Å². The molecule has 0 unspecified atom stereocenters. The van der Waals surface area contributed by atoms with E-state index in [2.05, 4.69) is 9.71 Å². The summed E-state index contributed by atoms with van der Waals surface area (Å²) in [4.78, 5) is 16.4. The van der Waals surface area contributed by atoms with Crippen LogP contribution < -0.4 is 4.72 Å². The SMILES string of the molecule is Cc1cccc(C)c1C(=O)c1ncc(Cl)cc1NS(=O)(=O)c1ccc(Cl)c(C(F)(F)F)c1. The van der Waals surface area contributed by atoms with Crippen molar-refractivity contribution in [1.82, 2.24) is 4.98 Å². The van der Waals surface area contributed by atoms with Crippen molar-refractivity contribution in [1.29, 1.82) is 0 Å². The van der Waals surface area contributed by atoms with Crippen molar-refractivity contribution in [2.75, 3.05) is 4.72 Å². The number of anilines is 1. The van der Waals surface area contributed by atoms with Crippen molar-refractivity contribution in [2.24, 2.45) is 0 Å². The molecule has 0 spiro atoms. The normalized spacial score (nSPS) is 12.0. The molecule has 1 aromatic heterocycles. The number of sulfonamides is 1. The third-order valence-electron chi connectivity index (χ3n) is 4.58. The first-order valence-corrected chi connectivity index (χ1v) is 11.2. The molecule has 0 aliphatic carbocycles. The van der Waals surface area contributed by atoms with Crippen molar-refractivity contribution in [3.63, 3.8) is 0 Å². The lowest BCUT2D eigenvalue weighted by Crippen LogP contribution is -2.18. The molecule has 0 saturated carbocycles. The van der Waals surface area contributed by atoms with Gasteiger partial charge in [0.25, 0.3) is 10.0 Å². The summed E-state index contributed by atoms with van der Waals surface area (Å²) in [7, 11) is -4.55. The molecule has 0 radical (unpaired) electrons. The Morgan fingerprint density at radius 3 is 2.25 bits per heavy atom. The van der Waals surface area contributed by atoms with Gasteiger partial charge in [0.2, 0.25) is 5.78 Å². The molecule has 0 fully saturated rings. The van der Waals surface area contributed by atoms with Gasteiger partial charge in [-0.3, -0.25) is 9.52 Å². The van der Waals surface area contributed by atoms with Crippen molar-refractivity contribution >= 4 is 44.7 Å². The van der Waals surface area contributed by atoms with Gasteiger partial charge >= 0.3 is 6.18 Å². The Morgan fingerprint density at radius 1 is 1.03 bits per heavy atom. The average Bonchev–Trinajstić information content (AvgIpc) is 2.66. The van der Waals surface area contributed by atoms with Gasteiger partial charge < -0.3 is 0 Å². The maximum Gasteiger partial charge on any atom is 0.417 e. The monoisotopic (exact) mass is 502 g/mol. The highest BCUT2D eigenvalue weighted by Gasteiger charge is 2.35. The average molecular weight is 503 g/mol. The Balaban J connectivity index is 2.09. The van der Waals surface area contributed by atoms with Crippen LogP contribution in [0, 0.1) is 13.8 Å². The van der Waals surface area contributed by atoms with Crippen LogP contribution in [-0.2, 0) is 16.2 Å². The van der Waals surface area contributed by atoms with Crippen LogP contribution in [0.15, 0.2) is 53.6 Å². The summed E-state index contributed by atoms with van der Waals surface area (Å²) in [6, 6.07) is 8.52. The molecule has 0 bridgehead atoms. The Kier molecular flexibility index (Phi) is 6.55. The molecular formula is C21H15Cl2F3N2O3S. The summed E-state index contributed by atoms with van der Waals surface area (Å²) < 4.78 is 67.3. The topological polar surface area (TPSA) is 76.1 Å². The fourth-order valence-electron chi connectivity index (χ4n) is 3.08. The van der Waals surface area contributed by atoms with Crippen molar-refractivity contribution in [3.05, 3.63) is 86.7 Å². The van der Waals surface area contributed by atoms with Crippen LogP contribution in [0.3, 0.4) is 0 Å². The number of hydrogen-bond donors (Lipinski definition) is 1. The maximum absolute atomic E-state index is 13.2. The Morgan fingerprint density at radius 2 is 1.66 bits per heavy atom. The van der Waals surface area contributed by atoms with E-state index in [1.165, 1.54) is 6.20 Å². The van der Waals surface area contributed by atoms with Crippen molar-refractivity contribution in [3.8, 4) is 0 Å². The number of carbonyl (C=O) groups is 1. The molecule has 0 aliphatic heterocycles. The Labute approximate surface area is 192 Å². The number of nitrogens with zero attached hydrogens (tertiary/aromatic N) is 1. The van der Waals surface area contributed by atoms with E-state index in [9.17, 15) is 26.4 Å². The second kappa shape index (κ2) is 8.73. The van der Waals surface area contributed by atoms with Gasteiger partial charge in [-0.1, -0.05) is 41.4 Å². The molecule has 1 N–H and O–H groups in total. The van der Waals surface area contributed by atoms with Crippen molar-refractivity contribution in [2.45, 2.75) is 24.9 Å². The number of alkyl halides is 3. The molecule has 3 aromatic rings. The lowest BCUT2D eigenvalue weighted by molar-refractivity contribution is -0.137. The van der Waals surface area contributed by atoms with E-state index >= 15 is 0 Å². The number of nitrogens with one attached hydrogen (secondary N) is 1. The molecule has 5 nitrogen and oxygen atoms in total. The summed E-state index contributed by atoms with van der Waals surface area (Å²) in [5.74, 6) is -0.568. The minimum Gasteiger partial charge on any atom is -0.287 e. The predicted octanol–water partition coefficient (Wildman–Crippen LogP) is 6.06. The number of aryl methyl sites for hydroxylation is 2. The van der Waals surface area contributed by atoms with E-state index in [-0.39, 0.29) is 16.4 Å². The third kappa shape index (κ3) is 4.90. The quantitative estimate of drug-likeness (QED) is 0.430. The molecule has 168 valence electrons. The number of hydrogen-bond acceptors (Lipinski definition) is 4. The summed E-state index contributed by atoms with van der Waals surface area (Å²) in [5.41, 5.74) is -0.207. The lowest BCUT2D eigenvalue weighted by atomic mass is 9.97. The van der Waals surface area contributed by atoms with E-state index in [1.807, 2.05) is 0 Å². The van der Waals surface area contributed by atoms with E-state index < -0.39 is 37.5 Å². The molecule has 0 aliphatic rings. The molecule has 11 heteroatoms. The second-order valence-corrected chi connectivity index (χ2v) is 9.42. The van der Waals surface area contributed by atoms with E-state index in [4.69, 9.17) is 23.2 Å². The fraction of sp³-hybridized carbons (Fsp3) is 0.143. The zero-order chi connectivity index (χ0) is 23.8. The number of aromatic nitrogens is 1. The van der Waals surface area contributed by atoms with E-state index in [0.717, 1.165) is 18.2 Å². The van der Waals surface area contributed by atoms with Gasteiger partial charge in [-0.2, -0.15) is 13.2 Å². The molecule has 0 atom stereocenters. The standard InChI is InChI=1S/C21H15Cl2F3N2O3S/c1-11-4-3-5-12(2)18(11)20(29)19-17(8-13(22)10-27-19)28-32(30,31)14-6-7-16(23)15(9-14)21(24,25)26/h3-10,28H,1-2H3. The number of ketones is 1. The van der Waals surface area contributed by atoms with Crippen LogP contribution in [0.1, 0.15) is 32.7 Å². The van der Waals surface area contributed by atoms with Gasteiger partial charge in [0.1, 0.15) is 5.69 Å². The van der Waals surface area contributed by atoms with Crippen LogP contribution in [0.5, 0.6) is 0 Å². The molecule has 3 rings (SSSR count). The molecule has 1 heterocycles. The van der Waals surface area contributed by atoms with Crippen LogP contribution in [0.25, 0.3) is 0 Å². The summed E-state index contributed by atoms with van der Waals surface area (Å²) in [6.07, 6.45) is -3.69. The summed E-state index contributed by atoms with van der Waals surface area (Å²) >= 11 is 11.5. The molecular weight excluding hydrogens is 488 g/mol. The zero-order valence-electron chi connectivity index (χ0n) is 16.6.